The minimum atomic E-state index is 0.606. The van der Waals surface area contributed by atoms with Gasteiger partial charge in [0, 0.05) is 38.5 Å². The zero-order valence-electron chi connectivity index (χ0n) is 36.4. The van der Waals surface area contributed by atoms with E-state index in [1.807, 2.05) is 12.1 Å². The number of nitrogens with zero attached hydrogens (tertiary/aromatic N) is 4. The van der Waals surface area contributed by atoms with Gasteiger partial charge in [-0.1, -0.05) is 200 Å². The van der Waals surface area contributed by atoms with Gasteiger partial charge in [0.25, 0.3) is 0 Å². The topological polar surface area (TPSA) is 43.6 Å². The Labute approximate surface area is 387 Å². The van der Waals surface area contributed by atoms with Gasteiger partial charge in [-0.25, -0.2) is 15.0 Å². The number of benzene rings is 11. The summed E-state index contributed by atoms with van der Waals surface area (Å²) in [7, 11) is 0. The number of para-hydroxylation sites is 1. The molecule has 0 aliphatic carbocycles. The molecule has 11 aromatic carbocycles. The maximum atomic E-state index is 5.51. The summed E-state index contributed by atoms with van der Waals surface area (Å²) in [6.07, 6.45) is 0. The summed E-state index contributed by atoms with van der Waals surface area (Å²) in [4.78, 5) is 16.3. The highest BCUT2D eigenvalue weighted by Gasteiger charge is 2.22. The predicted octanol–water partition coefficient (Wildman–Crippen LogP) is 16.4. The fourth-order valence-electron chi connectivity index (χ4n) is 10.1. The molecular formula is C63H40N4. The highest BCUT2D eigenvalue weighted by atomic mass is 15.0. The Balaban J connectivity index is 1.13. The SMILES string of the molecule is c1ccc(-c2cccc(-c3nc(-c4cccc(-c5ccccc5)c4)nc(-c4cc(-n5c6ccccc6c6cc(-c7ccccc7)ccc65)cc5c6ccccc6c6ccccc6c45)n3)c2)cc1. The second-order valence-corrected chi connectivity index (χ2v) is 17.2. The molecule has 0 N–H and O–H groups in total. The maximum Gasteiger partial charge on any atom is 0.164 e. The molecule has 0 aliphatic rings. The summed E-state index contributed by atoms with van der Waals surface area (Å²) in [6.45, 7) is 0. The molecule has 0 fully saturated rings. The molecule has 4 heteroatoms. The second kappa shape index (κ2) is 15.9. The molecule has 67 heavy (non-hydrogen) atoms. The van der Waals surface area contributed by atoms with Crippen molar-refractivity contribution in [2.75, 3.05) is 0 Å². The van der Waals surface area contributed by atoms with E-state index < -0.39 is 0 Å². The summed E-state index contributed by atoms with van der Waals surface area (Å²) >= 11 is 0. The van der Waals surface area contributed by atoms with Crippen LogP contribution in [0.25, 0.3) is 127 Å². The number of aromatic nitrogens is 4. The molecule has 13 aromatic rings. The van der Waals surface area contributed by atoms with Crippen molar-refractivity contribution in [3.8, 4) is 73.2 Å². The third-order valence-electron chi connectivity index (χ3n) is 13.2. The van der Waals surface area contributed by atoms with Crippen LogP contribution >= 0.6 is 0 Å². The smallest absolute Gasteiger partial charge is 0.164 e. The van der Waals surface area contributed by atoms with E-state index in [-0.39, 0.29) is 0 Å². The molecule has 0 spiro atoms. The van der Waals surface area contributed by atoms with Crippen LogP contribution in [0.4, 0.5) is 0 Å². The molecular weight excluding hydrogens is 813 g/mol. The van der Waals surface area contributed by atoms with E-state index in [1.54, 1.807) is 0 Å². The molecule has 13 rings (SSSR count). The minimum Gasteiger partial charge on any atom is -0.309 e. The van der Waals surface area contributed by atoms with E-state index in [0.717, 1.165) is 71.8 Å². The van der Waals surface area contributed by atoms with E-state index >= 15 is 0 Å². The molecule has 0 aliphatic heterocycles. The normalized spacial score (nSPS) is 11.6. The standard InChI is InChI=1S/C63H40N4/c1-4-18-41(19-5-1)44-24-16-26-47(36-44)61-64-62(48-27-17-25-45(37-48)42-20-6-2-7-21-42)66-63(65-61)57-40-49(39-56-52-30-11-10-28-50(52)51-29-12-13-32-54(51)60(56)57)67-58-33-15-14-31-53(58)55-38-46(34-35-59(55)67)43-22-8-3-9-23-43/h1-40H. The van der Waals surface area contributed by atoms with Crippen LogP contribution in [0.2, 0.25) is 0 Å². The fraction of sp³-hybridized carbons (Fsp3) is 0. The van der Waals surface area contributed by atoms with Crippen LogP contribution < -0.4 is 0 Å². The summed E-state index contributed by atoms with van der Waals surface area (Å²) in [5.74, 6) is 1.82. The molecule has 0 atom stereocenters. The summed E-state index contributed by atoms with van der Waals surface area (Å²) in [6, 6.07) is 86.5. The maximum absolute atomic E-state index is 5.51. The van der Waals surface area contributed by atoms with Crippen molar-refractivity contribution in [1.82, 2.24) is 19.5 Å². The summed E-state index contributed by atoms with van der Waals surface area (Å²) in [5.41, 5.74) is 12.9. The first-order valence-electron chi connectivity index (χ1n) is 22.8. The van der Waals surface area contributed by atoms with Gasteiger partial charge in [0.2, 0.25) is 0 Å². The number of rotatable bonds is 7. The molecule has 2 heterocycles. The van der Waals surface area contributed by atoms with Crippen LogP contribution in [0.5, 0.6) is 0 Å². The van der Waals surface area contributed by atoms with Gasteiger partial charge < -0.3 is 4.57 Å². The average Bonchev–Trinajstić information content (AvgIpc) is 3.75. The highest BCUT2D eigenvalue weighted by molar-refractivity contribution is 6.28. The molecule has 0 unspecified atom stereocenters. The monoisotopic (exact) mass is 852 g/mol. The number of hydrogen-bond acceptors (Lipinski definition) is 3. The van der Waals surface area contributed by atoms with Crippen LogP contribution in [-0.4, -0.2) is 19.5 Å². The largest absolute Gasteiger partial charge is 0.309 e. The summed E-state index contributed by atoms with van der Waals surface area (Å²) in [5, 5.41) is 9.34. The van der Waals surface area contributed by atoms with Crippen molar-refractivity contribution in [1.29, 1.82) is 0 Å². The Morgan fingerprint density at radius 3 is 1.24 bits per heavy atom. The second-order valence-electron chi connectivity index (χ2n) is 17.2. The van der Waals surface area contributed by atoms with Gasteiger partial charge in [0.05, 0.1) is 11.0 Å². The molecule has 312 valence electrons. The van der Waals surface area contributed by atoms with Gasteiger partial charge in [-0.3, -0.25) is 0 Å². The van der Waals surface area contributed by atoms with Crippen molar-refractivity contribution in [3.05, 3.63) is 243 Å². The lowest BCUT2D eigenvalue weighted by Gasteiger charge is -2.18. The molecule has 0 amide bonds. The van der Waals surface area contributed by atoms with E-state index in [2.05, 4.69) is 235 Å². The quantitative estimate of drug-likeness (QED) is 0.150. The van der Waals surface area contributed by atoms with E-state index in [9.17, 15) is 0 Å². The Bertz CT molecular complexity index is 3920. The Kier molecular flexibility index (Phi) is 9.14. The molecule has 4 nitrogen and oxygen atoms in total. The van der Waals surface area contributed by atoms with Crippen LogP contribution in [0, 0.1) is 0 Å². The van der Waals surface area contributed by atoms with Gasteiger partial charge >= 0.3 is 0 Å². The third-order valence-corrected chi connectivity index (χ3v) is 13.2. The van der Waals surface area contributed by atoms with Crippen molar-refractivity contribution in [2.45, 2.75) is 0 Å². The third kappa shape index (κ3) is 6.65. The van der Waals surface area contributed by atoms with Gasteiger partial charge in [-0.2, -0.15) is 0 Å². The van der Waals surface area contributed by atoms with Crippen LogP contribution in [-0.2, 0) is 0 Å². The molecule has 2 aromatic heterocycles. The fourth-order valence-corrected chi connectivity index (χ4v) is 10.1. The summed E-state index contributed by atoms with van der Waals surface area (Å²) < 4.78 is 2.42. The zero-order chi connectivity index (χ0) is 44.3. The van der Waals surface area contributed by atoms with E-state index in [4.69, 9.17) is 15.0 Å². The van der Waals surface area contributed by atoms with E-state index in [0.29, 0.717) is 17.5 Å². The van der Waals surface area contributed by atoms with Crippen molar-refractivity contribution in [2.24, 2.45) is 0 Å². The number of fused-ring (bicyclic) bond motifs is 9. The lowest BCUT2D eigenvalue weighted by molar-refractivity contribution is 1.07. The van der Waals surface area contributed by atoms with E-state index in [1.165, 1.54) is 38.1 Å². The van der Waals surface area contributed by atoms with Crippen molar-refractivity contribution in [3.63, 3.8) is 0 Å². The minimum absolute atomic E-state index is 0.606. The molecule has 0 radical (unpaired) electrons. The Hall–Kier alpha value is -8.99. The molecule has 0 bridgehead atoms. The number of hydrogen-bond donors (Lipinski definition) is 0. The van der Waals surface area contributed by atoms with Crippen LogP contribution in [0.3, 0.4) is 0 Å². The highest BCUT2D eigenvalue weighted by Crippen LogP contribution is 2.44. The van der Waals surface area contributed by atoms with Crippen LogP contribution in [0.15, 0.2) is 243 Å². The zero-order valence-corrected chi connectivity index (χ0v) is 36.4. The Morgan fingerprint density at radius 1 is 0.239 bits per heavy atom. The van der Waals surface area contributed by atoms with Gasteiger partial charge in [-0.05, 0) is 103 Å². The van der Waals surface area contributed by atoms with Gasteiger partial charge in [0.1, 0.15) is 0 Å². The van der Waals surface area contributed by atoms with Crippen molar-refractivity contribution < 1.29 is 0 Å². The van der Waals surface area contributed by atoms with Gasteiger partial charge in [-0.15, -0.1) is 0 Å². The molecule has 0 saturated heterocycles. The lowest BCUT2D eigenvalue weighted by atomic mass is 9.91. The first kappa shape index (κ1) is 38.5. The van der Waals surface area contributed by atoms with Gasteiger partial charge in [0.15, 0.2) is 17.5 Å². The molecule has 0 saturated carbocycles. The average molecular weight is 853 g/mol. The Morgan fingerprint density at radius 2 is 0.657 bits per heavy atom. The predicted molar refractivity (Wildman–Crippen MR) is 279 cm³/mol. The first-order chi connectivity index (χ1) is 33.2. The van der Waals surface area contributed by atoms with Crippen LogP contribution in [0.1, 0.15) is 0 Å². The lowest BCUT2D eigenvalue weighted by Crippen LogP contribution is -2.02. The van der Waals surface area contributed by atoms with Crippen molar-refractivity contribution >= 4 is 54.1 Å². The first-order valence-corrected chi connectivity index (χ1v) is 22.8.